The first-order chi connectivity index (χ1) is 9.71. The SMILES string of the molecule is [N-]=[N+]=NC(F)(F)C(=O)NC1C(O)CC(CO)(CO)O[C@H]1O. The number of halogens is 2. The summed E-state index contributed by atoms with van der Waals surface area (Å²) in [6.45, 7) is -1.49. The van der Waals surface area contributed by atoms with Crippen molar-refractivity contribution in [1.29, 1.82) is 0 Å². The zero-order valence-electron chi connectivity index (χ0n) is 10.6. The number of nitrogens with zero attached hydrogens (tertiary/aromatic N) is 3. The fourth-order valence-electron chi connectivity index (χ4n) is 1.84. The molecule has 10 nitrogen and oxygen atoms in total. The standard InChI is InChI=1S/C9H14F2N4O6/c10-9(11,14-15-12)7(20)13-5-4(18)1-8(2-16,3-17)21-6(5)19/h4-6,16-19H,1-3H2,(H,13,20)/t4?,5?,6-/m1/s1. The van der Waals surface area contributed by atoms with E-state index >= 15 is 0 Å². The van der Waals surface area contributed by atoms with Crippen LogP contribution in [0.25, 0.3) is 10.4 Å². The van der Waals surface area contributed by atoms with E-state index < -0.39 is 55.6 Å². The van der Waals surface area contributed by atoms with Gasteiger partial charge in [-0.05, 0) is 10.6 Å². The van der Waals surface area contributed by atoms with Gasteiger partial charge in [0.05, 0.1) is 19.3 Å². The second kappa shape index (κ2) is 6.47. The Morgan fingerprint density at radius 2 is 2.05 bits per heavy atom. The van der Waals surface area contributed by atoms with Crippen LogP contribution in [0, 0.1) is 0 Å². The third-order valence-corrected chi connectivity index (χ3v) is 2.99. The lowest BCUT2D eigenvalue weighted by molar-refractivity contribution is -0.269. The molecular weight excluding hydrogens is 298 g/mol. The summed E-state index contributed by atoms with van der Waals surface area (Å²) in [5, 5.41) is 41.1. The molecule has 0 aromatic rings. The summed E-state index contributed by atoms with van der Waals surface area (Å²) in [5.74, 6) is -2.03. The maximum absolute atomic E-state index is 13.0. The van der Waals surface area contributed by atoms with Crippen molar-refractivity contribution in [1.82, 2.24) is 5.32 Å². The van der Waals surface area contributed by atoms with E-state index in [-0.39, 0.29) is 0 Å². The molecule has 21 heavy (non-hydrogen) atoms. The number of carbonyl (C=O) groups is 1. The van der Waals surface area contributed by atoms with Crippen LogP contribution in [0.3, 0.4) is 0 Å². The van der Waals surface area contributed by atoms with E-state index in [4.69, 9.17) is 20.5 Å². The van der Waals surface area contributed by atoms with Gasteiger partial charge in [-0.15, -0.1) is 0 Å². The van der Waals surface area contributed by atoms with E-state index in [0.29, 0.717) is 0 Å². The highest BCUT2D eigenvalue weighted by Gasteiger charge is 2.48. The van der Waals surface area contributed by atoms with Crippen LogP contribution in [0.15, 0.2) is 5.11 Å². The van der Waals surface area contributed by atoms with Gasteiger partial charge in [-0.2, -0.15) is 8.78 Å². The van der Waals surface area contributed by atoms with Crippen LogP contribution in [0.4, 0.5) is 8.78 Å². The summed E-state index contributed by atoms with van der Waals surface area (Å²) < 4.78 is 30.9. The number of amides is 1. The molecule has 1 saturated heterocycles. The number of nitrogens with one attached hydrogen (secondary N) is 1. The van der Waals surface area contributed by atoms with Crippen LogP contribution in [0.2, 0.25) is 0 Å². The Balaban J connectivity index is 2.82. The molecule has 0 saturated carbocycles. The fraction of sp³-hybridized carbons (Fsp3) is 0.889. The van der Waals surface area contributed by atoms with Gasteiger partial charge in [0, 0.05) is 11.3 Å². The van der Waals surface area contributed by atoms with Gasteiger partial charge in [0.2, 0.25) is 0 Å². The third-order valence-electron chi connectivity index (χ3n) is 2.99. The molecule has 2 unspecified atom stereocenters. The smallest absolute Gasteiger partial charge is 0.393 e. The molecule has 0 aromatic carbocycles. The van der Waals surface area contributed by atoms with Gasteiger partial charge >= 0.3 is 6.05 Å². The van der Waals surface area contributed by atoms with E-state index in [1.54, 1.807) is 10.2 Å². The first kappa shape index (κ1) is 17.5. The second-order valence-electron chi connectivity index (χ2n) is 4.51. The molecule has 12 heteroatoms. The van der Waals surface area contributed by atoms with Crippen molar-refractivity contribution in [3.8, 4) is 0 Å². The molecule has 1 amide bonds. The minimum Gasteiger partial charge on any atom is -0.393 e. The van der Waals surface area contributed by atoms with Crippen molar-refractivity contribution < 1.29 is 38.7 Å². The summed E-state index contributed by atoms with van der Waals surface area (Å²) in [6, 6.07) is -6.06. The van der Waals surface area contributed by atoms with E-state index in [2.05, 4.69) is 0 Å². The number of hydrogen-bond donors (Lipinski definition) is 5. The summed E-state index contributed by atoms with van der Waals surface area (Å²) in [5.41, 5.74) is 6.25. The quantitative estimate of drug-likeness (QED) is 0.174. The van der Waals surface area contributed by atoms with Crippen molar-refractivity contribution in [2.45, 2.75) is 36.5 Å². The van der Waals surface area contributed by atoms with Crippen molar-refractivity contribution in [3.05, 3.63) is 10.4 Å². The van der Waals surface area contributed by atoms with Crippen molar-refractivity contribution in [2.75, 3.05) is 13.2 Å². The first-order valence-corrected chi connectivity index (χ1v) is 5.72. The molecule has 3 atom stereocenters. The average molecular weight is 312 g/mol. The molecule has 1 aliphatic rings. The van der Waals surface area contributed by atoms with E-state index in [1.807, 2.05) is 5.11 Å². The summed E-state index contributed by atoms with van der Waals surface area (Å²) in [4.78, 5) is 13.0. The van der Waals surface area contributed by atoms with Gasteiger partial charge in [-0.25, -0.2) is 0 Å². The van der Waals surface area contributed by atoms with Crippen LogP contribution >= 0.6 is 0 Å². The molecule has 0 aromatic heterocycles. The van der Waals surface area contributed by atoms with Gasteiger partial charge in [0.1, 0.15) is 11.6 Å². The molecule has 1 fully saturated rings. The Kier molecular flexibility index (Phi) is 5.39. The van der Waals surface area contributed by atoms with Gasteiger partial charge in [0.15, 0.2) is 6.29 Å². The Bertz CT molecular complexity index is 426. The van der Waals surface area contributed by atoms with E-state index in [0.717, 1.165) is 0 Å². The van der Waals surface area contributed by atoms with Gasteiger partial charge < -0.3 is 30.5 Å². The second-order valence-corrected chi connectivity index (χ2v) is 4.51. The van der Waals surface area contributed by atoms with E-state index in [9.17, 15) is 23.8 Å². The van der Waals surface area contributed by atoms with Crippen LogP contribution in [0.5, 0.6) is 0 Å². The van der Waals surface area contributed by atoms with Crippen molar-refractivity contribution in [2.24, 2.45) is 5.11 Å². The average Bonchev–Trinajstić information content (AvgIpc) is 2.42. The van der Waals surface area contributed by atoms with Gasteiger partial charge in [0.25, 0.3) is 5.91 Å². The molecule has 0 radical (unpaired) electrons. The molecule has 0 spiro atoms. The van der Waals surface area contributed by atoms with Crippen LogP contribution in [-0.2, 0) is 9.53 Å². The van der Waals surface area contributed by atoms with Crippen LogP contribution in [0.1, 0.15) is 6.42 Å². The number of hydrogen-bond acceptors (Lipinski definition) is 7. The Hall–Kier alpha value is -1.56. The van der Waals surface area contributed by atoms with E-state index in [1.165, 1.54) is 0 Å². The molecule has 5 N–H and O–H groups in total. The monoisotopic (exact) mass is 312 g/mol. The molecular formula is C9H14F2N4O6. The van der Waals surface area contributed by atoms with Crippen LogP contribution in [-0.4, -0.2) is 69.6 Å². The lowest BCUT2D eigenvalue weighted by atomic mass is 9.90. The number of rotatable bonds is 5. The number of carbonyl (C=O) groups excluding carboxylic acids is 1. The zero-order chi connectivity index (χ0) is 16.3. The maximum atomic E-state index is 13.0. The van der Waals surface area contributed by atoms with Crippen molar-refractivity contribution >= 4 is 5.91 Å². The van der Waals surface area contributed by atoms with Gasteiger partial charge in [-0.1, -0.05) is 0 Å². The summed E-state index contributed by atoms with van der Waals surface area (Å²) in [6.07, 6.45) is -3.97. The maximum Gasteiger partial charge on any atom is 0.401 e. The van der Waals surface area contributed by atoms with Crippen molar-refractivity contribution in [3.63, 3.8) is 0 Å². The molecule has 0 aliphatic carbocycles. The Morgan fingerprint density at radius 3 is 2.48 bits per heavy atom. The minimum atomic E-state index is -4.41. The number of ether oxygens (including phenoxy) is 1. The lowest BCUT2D eigenvalue weighted by Gasteiger charge is -2.43. The fourth-order valence-corrected chi connectivity index (χ4v) is 1.84. The molecule has 1 heterocycles. The number of aliphatic hydroxyl groups excluding tert-OH is 4. The Morgan fingerprint density at radius 1 is 1.48 bits per heavy atom. The molecule has 0 bridgehead atoms. The molecule has 120 valence electrons. The predicted octanol–water partition coefficient (Wildman–Crippen LogP) is -1.80. The predicted molar refractivity (Wildman–Crippen MR) is 60.6 cm³/mol. The third kappa shape index (κ3) is 3.75. The minimum absolute atomic E-state index is 0.422. The highest BCUT2D eigenvalue weighted by molar-refractivity contribution is 5.83. The highest BCUT2D eigenvalue weighted by atomic mass is 19.3. The highest BCUT2D eigenvalue weighted by Crippen LogP contribution is 2.28. The Labute approximate surface area is 116 Å². The summed E-state index contributed by atoms with van der Waals surface area (Å²) in [7, 11) is 0. The number of alkyl halides is 2. The lowest BCUT2D eigenvalue weighted by Crippen LogP contribution is -2.64. The topological polar surface area (TPSA) is 168 Å². The largest absolute Gasteiger partial charge is 0.401 e. The molecule has 1 aliphatic heterocycles. The number of azide groups is 1. The van der Waals surface area contributed by atoms with Crippen LogP contribution < -0.4 is 5.32 Å². The molecule has 1 rings (SSSR count). The summed E-state index contributed by atoms with van der Waals surface area (Å²) >= 11 is 0. The first-order valence-electron chi connectivity index (χ1n) is 5.72. The number of aliphatic hydroxyl groups is 4. The normalized spacial score (nSPS) is 28.6. The van der Waals surface area contributed by atoms with Gasteiger partial charge in [-0.3, -0.25) is 4.79 Å². The zero-order valence-corrected chi connectivity index (χ0v) is 10.6.